The van der Waals surface area contributed by atoms with Gasteiger partial charge in [-0.3, -0.25) is 0 Å². The molecule has 1 aromatic carbocycles. The molecule has 0 atom stereocenters. The lowest BCUT2D eigenvalue weighted by Crippen LogP contribution is -2.46. The Morgan fingerprint density at radius 3 is 2.55 bits per heavy atom. The molecule has 20 heavy (non-hydrogen) atoms. The molecule has 1 aliphatic rings. The van der Waals surface area contributed by atoms with Crippen molar-refractivity contribution >= 4 is 21.8 Å². The van der Waals surface area contributed by atoms with Gasteiger partial charge in [0.1, 0.15) is 0 Å². The van der Waals surface area contributed by atoms with Crippen LogP contribution in [0.5, 0.6) is 0 Å². The molecule has 2 rings (SSSR count). The zero-order chi connectivity index (χ0) is 14.8. The smallest absolute Gasteiger partial charge is 0.212 e. The van der Waals surface area contributed by atoms with Gasteiger partial charge in [0.15, 0.2) is 0 Å². The molecule has 1 aliphatic heterocycles. The van der Waals surface area contributed by atoms with Crippen molar-refractivity contribution in [3.8, 4) is 6.07 Å². The van der Waals surface area contributed by atoms with E-state index in [9.17, 15) is 8.42 Å². The molecule has 0 spiro atoms. The summed E-state index contributed by atoms with van der Waals surface area (Å²) in [5.74, 6) is 0.832. The van der Waals surface area contributed by atoms with Gasteiger partial charge in [-0.05, 0) is 31.5 Å². The minimum atomic E-state index is -3.29. The second-order valence-electron chi connectivity index (χ2n) is 5.51. The zero-order valence-electron chi connectivity index (χ0n) is 11.7. The molecule has 0 amide bonds. The monoisotopic (exact) mass is 310 g/mol. The van der Waals surface area contributed by atoms with Crippen molar-refractivity contribution in [3.63, 3.8) is 0 Å². The van der Waals surface area contributed by atoms with E-state index < -0.39 is 10.0 Å². The van der Waals surface area contributed by atoms with Crippen LogP contribution in [0.4, 0.5) is 0 Å². The molecule has 0 N–H and O–H groups in total. The predicted octanol–water partition coefficient (Wildman–Crippen LogP) is 2.22. The first kappa shape index (κ1) is 15.4. The molecule has 0 bridgehead atoms. The fraction of sp³-hybridized carbons (Fsp3) is 0.500. The van der Waals surface area contributed by atoms with Crippen molar-refractivity contribution in [1.29, 1.82) is 5.26 Å². The summed E-state index contributed by atoms with van der Waals surface area (Å²) in [5.41, 5.74) is 1.27. The quantitative estimate of drug-likeness (QED) is 0.859. The molecule has 1 saturated heterocycles. The maximum Gasteiger partial charge on any atom is 0.218 e. The number of nitriles is 1. The Bertz CT molecular complexity index is 616. The number of rotatable bonds is 3. The minimum absolute atomic E-state index is 0.000540. The van der Waals surface area contributed by atoms with E-state index in [2.05, 4.69) is 13.8 Å². The summed E-state index contributed by atoms with van der Waals surface area (Å²) in [7, 11) is -3.29. The number of hydrogen-bond acceptors (Lipinski definition) is 4. The van der Waals surface area contributed by atoms with Crippen LogP contribution in [0.25, 0.3) is 0 Å². The van der Waals surface area contributed by atoms with Gasteiger partial charge < -0.3 is 0 Å². The molecule has 4 nitrogen and oxygen atoms in total. The van der Waals surface area contributed by atoms with Crippen LogP contribution in [0.1, 0.15) is 25.0 Å². The lowest BCUT2D eigenvalue weighted by Gasteiger charge is -2.36. The largest absolute Gasteiger partial charge is 0.218 e. The highest BCUT2D eigenvalue weighted by Crippen LogP contribution is 2.31. The third-order valence-corrected chi connectivity index (χ3v) is 6.31. The number of nitrogens with zero attached hydrogens (tertiary/aromatic N) is 2. The molecule has 1 aromatic rings. The van der Waals surface area contributed by atoms with E-state index in [-0.39, 0.29) is 10.5 Å². The lowest BCUT2D eigenvalue weighted by atomic mass is 10.2. The highest BCUT2D eigenvalue weighted by Gasteiger charge is 2.33. The number of sulfonamides is 1. The highest BCUT2D eigenvalue weighted by molar-refractivity contribution is 8.00. The zero-order valence-corrected chi connectivity index (χ0v) is 13.3. The van der Waals surface area contributed by atoms with Gasteiger partial charge in [0, 0.05) is 23.6 Å². The Morgan fingerprint density at radius 1 is 1.35 bits per heavy atom. The summed E-state index contributed by atoms with van der Waals surface area (Å²) in [5, 5.41) is 8.74. The molecule has 0 aromatic heterocycles. The average Bonchev–Trinajstić information content (AvgIpc) is 2.38. The second kappa shape index (κ2) is 5.76. The fourth-order valence-corrected chi connectivity index (χ4v) is 5.18. The van der Waals surface area contributed by atoms with Gasteiger partial charge in [0.05, 0.1) is 17.4 Å². The molecule has 108 valence electrons. The van der Waals surface area contributed by atoms with Crippen molar-refractivity contribution in [2.75, 3.05) is 18.8 Å². The van der Waals surface area contributed by atoms with Crippen LogP contribution in [-0.2, 0) is 15.8 Å². The van der Waals surface area contributed by atoms with Crippen LogP contribution in [0.3, 0.4) is 0 Å². The van der Waals surface area contributed by atoms with Crippen LogP contribution >= 0.6 is 11.8 Å². The lowest BCUT2D eigenvalue weighted by molar-refractivity contribution is 0.387. The van der Waals surface area contributed by atoms with Crippen molar-refractivity contribution in [2.45, 2.75) is 24.3 Å². The molecular formula is C14H18N2O2S2. The molecule has 1 fully saturated rings. The molecule has 0 radical (unpaired) electrons. The summed E-state index contributed by atoms with van der Waals surface area (Å²) < 4.78 is 26.5. The van der Waals surface area contributed by atoms with Gasteiger partial charge in [-0.15, -0.1) is 0 Å². The van der Waals surface area contributed by atoms with Crippen LogP contribution < -0.4 is 0 Å². The van der Waals surface area contributed by atoms with Crippen LogP contribution in [0, 0.1) is 11.3 Å². The van der Waals surface area contributed by atoms with Crippen molar-refractivity contribution in [3.05, 3.63) is 35.4 Å². The van der Waals surface area contributed by atoms with Crippen LogP contribution in [-0.4, -0.2) is 36.3 Å². The maximum atomic E-state index is 12.4. The van der Waals surface area contributed by atoms with Gasteiger partial charge in [-0.25, -0.2) is 8.42 Å². The molecule has 6 heteroatoms. The first-order valence-corrected chi connectivity index (χ1v) is 9.03. The van der Waals surface area contributed by atoms with Crippen molar-refractivity contribution in [1.82, 2.24) is 4.31 Å². The Hall–Kier alpha value is -1.03. The Balaban J connectivity index is 2.12. The Morgan fingerprint density at radius 2 is 2.00 bits per heavy atom. The minimum Gasteiger partial charge on any atom is -0.212 e. The molecular weight excluding hydrogens is 292 g/mol. The van der Waals surface area contributed by atoms with Crippen LogP contribution in [0.15, 0.2) is 24.3 Å². The number of benzene rings is 1. The van der Waals surface area contributed by atoms with E-state index in [0.29, 0.717) is 18.7 Å². The van der Waals surface area contributed by atoms with Gasteiger partial charge in [-0.1, -0.05) is 12.1 Å². The summed E-state index contributed by atoms with van der Waals surface area (Å²) in [6, 6.07) is 8.75. The molecule has 1 heterocycles. The summed E-state index contributed by atoms with van der Waals surface area (Å²) >= 11 is 1.81. The average molecular weight is 310 g/mol. The first-order chi connectivity index (χ1) is 9.32. The SMILES string of the molecule is CC1(C)CN(S(=O)(=O)Cc2ccc(C#N)cc2)CCS1. The second-order valence-corrected chi connectivity index (χ2v) is 9.28. The topological polar surface area (TPSA) is 61.2 Å². The van der Waals surface area contributed by atoms with E-state index in [4.69, 9.17) is 5.26 Å². The first-order valence-electron chi connectivity index (χ1n) is 6.43. The summed E-state index contributed by atoms with van der Waals surface area (Å²) in [4.78, 5) is 0. The maximum absolute atomic E-state index is 12.4. The Labute approximate surface area is 124 Å². The van der Waals surface area contributed by atoms with Crippen molar-refractivity contribution < 1.29 is 8.42 Å². The third-order valence-electron chi connectivity index (χ3n) is 3.22. The van der Waals surface area contributed by atoms with Gasteiger partial charge in [-0.2, -0.15) is 21.3 Å². The number of thioether (sulfide) groups is 1. The van der Waals surface area contributed by atoms with E-state index in [1.165, 1.54) is 0 Å². The van der Waals surface area contributed by atoms with E-state index in [1.807, 2.05) is 17.8 Å². The Kier molecular flexibility index (Phi) is 4.43. The summed E-state index contributed by atoms with van der Waals surface area (Å²) in [6.45, 7) is 5.27. The normalized spacial score (nSPS) is 19.4. The fourth-order valence-electron chi connectivity index (χ4n) is 2.19. The predicted molar refractivity (Wildman–Crippen MR) is 81.9 cm³/mol. The van der Waals surface area contributed by atoms with E-state index in [1.54, 1.807) is 28.6 Å². The van der Waals surface area contributed by atoms with Crippen LogP contribution in [0.2, 0.25) is 0 Å². The van der Waals surface area contributed by atoms with Gasteiger partial charge in [0.2, 0.25) is 10.0 Å². The molecule has 0 unspecified atom stereocenters. The highest BCUT2D eigenvalue weighted by atomic mass is 32.2. The number of hydrogen-bond donors (Lipinski definition) is 0. The van der Waals surface area contributed by atoms with Crippen molar-refractivity contribution in [2.24, 2.45) is 0 Å². The van der Waals surface area contributed by atoms with Gasteiger partial charge in [0.25, 0.3) is 0 Å². The van der Waals surface area contributed by atoms with E-state index >= 15 is 0 Å². The third kappa shape index (κ3) is 3.75. The van der Waals surface area contributed by atoms with E-state index in [0.717, 1.165) is 11.3 Å². The van der Waals surface area contributed by atoms with Gasteiger partial charge >= 0.3 is 0 Å². The molecule has 0 aliphatic carbocycles. The summed E-state index contributed by atoms with van der Waals surface area (Å²) in [6.07, 6.45) is 0. The molecule has 0 saturated carbocycles. The standard InChI is InChI=1S/C14H18N2O2S2/c1-14(2)11-16(7-8-19-14)20(17,18)10-13-5-3-12(9-15)4-6-13/h3-6H,7-8,10-11H2,1-2H3.